The molecule has 2 heterocycles. The van der Waals surface area contributed by atoms with Crippen LogP contribution >= 0.6 is 0 Å². The lowest BCUT2D eigenvalue weighted by molar-refractivity contribution is 0.102. The quantitative estimate of drug-likeness (QED) is 0.746. The average molecular weight is 365 g/mol. The van der Waals surface area contributed by atoms with E-state index in [0.29, 0.717) is 12.2 Å². The van der Waals surface area contributed by atoms with Gasteiger partial charge in [0.15, 0.2) is 5.69 Å². The first-order valence-electron chi connectivity index (χ1n) is 8.88. The largest absolute Gasteiger partial charge is 0.321 e. The van der Waals surface area contributed by atoms with Crippen molar-refractivity contribution in [2.24, 2.45) is 0 Å². The molecule has 1 aliphatic rings. The normalized spacial score (nSPS) is 13.3. The van der Waals surface area contributed by atoms with Crippen LogP contribution in [-0.4, -0.2) is 27.4 Å². The molecule has 6 nitrogen and oxygen atoms in total. The van der Waals surface area contributed by atoms with Crippen molar-refractivity contribution < 1.29 is 9.18 Å². The molecule has 0 radical (unpaired) electrons. The number of anilines is 1. The minimum Gasteiger partial charge on any atom is -0.321 e. The number of fused-ring (bicyclic) bond motifs is 1. The summed E-state index contributed by atoms with van der Waals surface area (Å²) in [6.07, 6.45) is 0.950. The molecule has 1 aliphatic heterocycles. The first-order valence-corrected chi connectivity index (χ1v) is 8.88. The highest BCUT2D eigenvalue weighted by Gasteiger charge is 2.18. The summed E-state index contributed by atoms with van der Waals surface area (Å²) in [4.78, 5) is 12.6. The summed E-state index contributed by atoms with van der Waals surface area (Å²) in [7, 11) is 0. The first kappa shape index (κ1) is 17.4. The number of benzene rings is 2. The standard InChI is InChI=1S/C20H20FN5O/c1-13-19(24-25-26(13)12-14-2-5-17(21)6-3-14)20(27)23-18-7-4-16-11-22-9-8-15(16)10-18/h2-7,10,22H,8-9,11-12H2,1H3,(H,23,27). The fraction of sp³-hybridized carbons (Fsp3) is 0.250. The van der Waals surface area contributed by atoms with Crippen LogP contribution < -0.4 is 10.6 Å². The van der Waals surface area contributed by atoms with Gasteiger partial charge >= 0.3 is 0 Å². The van der Waals surface area contributed by atoms with E-state index in [9.17, 15) is 9.18 Å². The Morgan fingerprint density at radius 1 is 1.22 bits per heavy atom. The van der Waals surface area contributed by atoms with Gasteiger partial charge < -0.3 is 10.6 Å². The maximum Gasteiger partial charge on any atom is 0.278 e. The van der Waals surface area contributed by atoms with Crippen LogP contribution in [-0.2, 0) is 19.5 Å². The van der Waals surface area contributed by atoms with Gasteiger partial charge in [-0.25, -0.2) is 9.07 Å². The van der Waals surface area contributed by atoms with Gasteiger partial charge in [0.2, 0.25) is 0 Å². The molecule has 0 aliphatic carbocycles. The van der Waals surface area contributed by atoms with Gasteiger partial charge in [-0.3, -0.25) is 4.79 Å². The van der Waals surface area contributed by atoms with E-state index in [0.717, 1.165) is 30.8 Å². The molecule has 0 atom stereocenters. The van der Waals surface area contributed by atoms with Crippen LogP contribution in [0, 0.1) is 12.7 Å². The van der Waals surface area contributed by atoms with E-state index in [1.165, 1.54) is 23.3 Å². The highest BCUT2D eigenvalue weighted by molar-refractivity contribution is 6.03. The van der Waals surface area contributed by atoms with Crippen LogP contribution in [0.3, 0.4) is 0 Å². The molecule has 0 saturated heterocycles. The molecule has 138 valence electrons. The van der Waals surface area contributed by atoms with Crippen molar-refractivity contribution in [3.8, 4) is 0 Å². The third kappa shape index (κ3) is 3.73. The number of hydrogen-bond donors (Lipinski definition) is 2. The van der Waals surface area contributed by atoms with Gasteiger partial charge in [0, 0.05) is 12.2 Å². The molecule has 3 aromatic rings. The Morgan fingerprint density at radius 2 is 2.04 bits per heavy atom. The molecule has 27 heavy (non-hydrogen) atoms. The van der Waals surface area contributed by atoms with Crippen LogP contribution in [0.15, 0.2) is 42.5 Å². The Labute approximate surface area is 156 Å². The second kappa shape index (κ2) is 7.28. The number of rotatable bonds is 4. The summed E-state index contributed by atoms with van der Waals surface area (Å²) in [5, 5.41) is 14.3. The van der Waals surface area contributed by atoms with Gasteiger partial charge in [-0.15, -0.1) is 5.10 Å². The summed E-state index contributed by atoms with van der Waals surface area (Å²) in [5.74, 6) is -0.568. The van der Waals surface area contributed by atoms with Gasteiger partial charge in [0.05, 0.1) is 12.2 Å². The van der Waals surface area contributed by atoms with Gasteiger partial charge in [-0.2, -0.15) is 0 Å². The van der Waals surface area contributed by atoms with E-state index >= 15 is 0 Å². The zero-order valence-corrected chi connectivity index (χ0v) is 15.0. The number of hydrogen-bond acceptors (Lipinski definition) is 4. The maximum atomic E-state index is 13.0. The number of nitrogens with one attached hydrogen (secondary N) is 2. The molecule has 1 amide bonds. The number of nitrogens with zero attached hydrogens (tertiary/aromatic N) is 3. The summed E-state index contributed by atoms with van der Waals surface area (Å²) in [5.41, 5.74) is 5.12. The topological polar surface area (TPSA) is 71.8 Å². The molecule has 0 bridgehead atoms. The van der Waals surface area contributed by atoms with Crippen LogP contribution in [0.2, 0.25) is 0 Å². The van der Waals surface area contributed by atoms with Crippen molar-refractivity contribution >= 4 is 11.6 Å². The Balaban J connectivity index is 1.49. The van der Waals surface area contributed by atoms with Crippen molar-refractivity contribution in [1.82, 2.24) is 20.3 Å². The molecular weight excluding hydrogens is 345 g/mol. The molecule has 7 heteroatoms. The van der Waals surface area contributed by atoms with E-state index in [4.69, 9.17) is 0 Å². The Hall–Kier alpha value is -3.06. The maximum absolute atomic E-state index is 13.0. The Morgan fingerprint density at radius 3 is 2.85 bits per heavy atom. The SMILES string of the molecule is Cc1c(C(=O)Nc2ccc3c(c2)CCNC3)nnn1Cc1ccc(F)cc1. The molecule has 1 aromatic heterocycles. The lowest BCUT2D eigenvalue weighted by Crippen LogP contribution is -2.23. The van der Waals surface area contributed by atoms with Crippen molar-refractivity contribution in [3.63, 3.8) is 0 Å². The van der Waals surface area contributed by atoms with Crippen LogP contribution in [0.25, 0.3) is 0 Å². The van der Waals surface area contributed by atoms with E-state index in [1.807, 2.05) is 18.2 Å². The fourth-order valence-electron chi connectivity index (χ4n) is 3.23. The van der Waals surface area contributed by atoms with Crippen molar-refractivity contribution in [3.05, 3.63) is 76.4 Å². The summed E-state index contributed by atoms with van der Waals surface area (Å²) in [6, 6.07) is 12.2. The van der Waals surface area contributed by atoms with E-state index in [-0.39, 0.29) is 17.4 Å². The van der Waals surface area contributed by atoms with Crippen molar-refractivity contribution in [2.45, 2.75) is 26.4 Å². The average Bonchev–Trinajstić information content (AvgIpc) is 3.04. The van der Waals surface area contributed by atoms with Crippen molar-refractivity contribution in [2.75, 3.05) is 11.9 Å². The third-order valence-electron chi connectivity index (χ3n) is 4.79. The first-order chi connectivity index (χ1) is 13.1. The van der Waals surface area contributed by atoms with Gasteiger partial charge in [-0.1, -0.05) is 23.4 Å². The predicted molar refractivity (Wildman–Crippen MR) is 100 cm³/mol. The van der Waals surface area contributed by atoms with E-state index < -0.39 is 0 Å². The zero-order valence-electron chi connectivity index (χ0n) is 15.0. The highest BCUT2D eigenvalue weighted by atomic mass is 19.1. The molecule has 0 spiro atoms. The monoisotopic (exact) mass is 365 g/mol. The van der Waals surface area contributed by atoms with E-state index in [1.54, 1.807) is 23.7 Å². The fourth-order valence-corrected chi connectivity index (χ4v) is 3.23. The molecule has 0 saturated carbocycles. The molecule has 4 rings (SSSR count). The lowest BCUT2D eigenvalue weighted by Gasteiger charge is -2.18. The minimum atomic E-state index is -0.285. The van der Waals surface area contributed by atoms with Gasteiger partial charge in [-0.05, 0) is 60.8 Å². The van der Waals surface area contributed by atoms with Crippen LogP contribution in [0.5, 0.6) is 0 Å². The molecular formula is C20H20FN5O. The van der Waals surface area contributed by atoms with Gasteiger partial charge in [0.1, 0.15) is 5.82 Å². The number of carbonyl (C=O) groups is 1. The van der Waals surface area contributed by atoms with E-state index in [2.05, 4.69) is 20.9 Å². The minimum absolute atomic E-state index is 0.282. The van der Waals surface area contributed by atoms with Crippen LogP contribution in [0.4, 0.5) is 10.1 Å². The Kier molecular flexibility index (Phi) is 4.68. The second-order valence-corrected chi connectivity index (χ2v) is 6.67. The molecule has 2 aromatic carbocycles. The number of amides is 1. The number of aromatic nitrogens is 3. The lowest BCUT2D eigenvalue weighted by atomic mass is 10.0. The number of halogens is 1. The predicted octanol–water partition coefficient (Wildman–Crippen LogP) is 2.67. The second-order valence-electron chi connectivity index (χ2n) is 6.67. The summed E-state index contributed by atoms with van der Waals surface area (Å²) < 4.78 is 14.7. The van der Waals surface area contributed by atoms with Crippen molar-refractivity contribution in [1.29, 1.82) is 0 Å². The molecule has 2 N–H and O–H groups in total. The number of carbonyl (C=O) groups excluding carboxylic acids is 1. The smallest absolute Gasteiger partial charge is 0.278 e. The summed E-state index contributed by atoms with van der Waals surface area (Å²) >= 11 is 0. The van der Waals surface area contributed by atoms with Gasteiger partial charge in [0.25, 0.3) is 5.91 Å². The third-order valence-corrected chi connectivity index (χ3v) is 4.79. The zero-order chi connectivity index (χ0) is 18.8. The Bertz CT molecular complexity index is 981. The van der Waals surface area contributed by atoms with Crippen LogP contribution in [0.1, 0.15) is 32.9 Å². The summed E-state index contributed by atoms with van der Waals surface area (Å²) in [6.45, 7) is 4.04. The highest BCUT2D eigenvalue weighted by Crippen LogP contribution is 2.20. The molecule has 0 fully saturated rings. The molecule has 0 unspecified atom stereocenters.